The zero-order valence-corrected chi connectivity index (χ0v) is 46.0. The minimum Gasteiger partial charge on any atom is -0.779 e. The van der Waals surface area contributed by atoms with Gasteiger partial charge in [0, 0.05) is 107 Å². The normalized spacial score (nSPS) is 16.7. The van der Waals surface area contributed by atoms with Crippen molar-refractivity contribution in [3.63, 3.8) is 0 Å². The van der Waals surface area contributed by atoms with Crippen molar-refractivity contribution < 1.29 is 90.3 Å². The summed E-state index contributed by atoms with van der Waals surface area (Å²) in [6.07, 6.45) is 37.1. The molecule has 0 aromatic heterocycles. The van der Waals surface area contributed by atoms with Gasteiger partial charge >= 0.3 is 0 Å². The molecule has 0 unspecified atom stereocenters. The molecule has 16 radical (unpaired) electrons. The van der Waals surface area contributed by atoms with Crippen molar-refractivity contribution in [3.8, 4) is 0 Å². The summed E-state index contributed by atoms with van der Waals surface area (Å²) in [5.41, 5.74) is 8.19. The largest absolute Gasteiger partial charge is 0.779 e. The van der Waals surface area contributed by atoms with E-state index in [1.807, 2.05) is 103 Å². The molecule has 4 aliphatic rings. The third kappa shape index (κ3) is 29.2. The summed E-state index contributed by atoms with van der Waals surface area (Å²) in [6.45, 7) is 30.7. The Morgan fingerprint density at radius 3 is 0.583 bits per heavy atom. The van der Waals surface area contributed by atoms with E-state index in [0.717, 1.165) is 36.2 Å². The van der Waals surface area contributed by atoms with Crippen LogP contribution in [-0.2, 0) is 34.7 Å². The van der Waals surface area contributed by atoms with E-state index in [4.69, 9.17) is 34.7 Å². The van der Waals surface area contributed by atoms with Gasteiger partial charge in [0.1, 0.15) is 0 Å². The van der Waals surface area contributed by atoms with Gasteiger partial charge in [-0.05, 0) is 175 Å². The summed E-state index contributed by atoms with van der Waals surface area (Å²) >= 11 is 11.2. The third-order valence-corrected chi connectivity index (χ3v) is 10.5. The molecule has 60 heavy (non-hydrogen) atoms. The first-order valence-electron chi connectivity index (χ1n) is 21.9. The van der Waals surface area contributed by atoms with Crippen molar-refractivity contribution in [1.29, 1.82) is 0 Å². The van der Waals surface area contributed by atoms with Gasteiger partial charge in [0.05, 0.1) is 0 Å². The van der Waals surface area contributed by atoms with Crippen LogP contribution in [0.2, 0.25) is 0 Å². The van der Waals surface area contributed by atoms with E-state index in [0.29, 0.717) is 35.5 Å². The number of hydrogen-bond acceptors (Lipinski definition) is 4. The van der Waals surface area contributed by atoms with Gasteiger partial charge in [-0.3, -0.25) is 0 Å². The zero-order chi connectivity index (χ0) is 43.3. The van der Waals surface area contributed by atoms with Gasteiger partial charge in [-0.2, -0.15) is 9.79 Å². The number of hydrogen-bond donors (Lipinski definition) is 0. The third-order valence-electron chi connectivity index (χ3n) is 9.59. The standard InChI is InChI=1S/2C15H24S.2C8H8.2C4H8O.2Sm/c2*1-9(2)12-7-13(10(3)4)15(16)14(8-12)11(5)6;2*1-2-4-6-8-7-5-3-1;2*1-2-4-5-3-1;;/h2*7-11,16H,1-6H3;2*1-8H;2*1-4H2;;/p-2. The molecule has 2 aliphatic heterocycles. The van der Waals surface area contributed by atoms with Crippen LogP contribution in [0.3, 0.4) is 0 Å². The van der Waals surface area contributed by atoms with Gasteiger partial charge in [0.25, 0.3) is 0 Å². The molecular formula is C54H78O2S2Sm2-2. The fraction of sp³-hybridized carbons (Fsp3) is 0.481. The van der Waals surface area contributed by atoms with Gasteiger partial charge < -0.3 is 34.7 Å². The fourth-order valence-corrected chi connectivity index (χ4v) is 7.00. The Morgan fingerprint density at radius 2 is 0.483 bits per heavy atom. The Hall–Kier alpha value is 1.48. The Labute approximate surface area is 451 Å². The van der Waals surface area contributed by atoms with Crippen LogP contribution in [0.25, 0.3) is 0 Å². The quantitative estimate of drug-likeness (QED) is 0.268. The van der Waals surface area contributed by atoms with Gasteiger partial charge in [-0.15, -0.1) is 0 Å². The Kier molecular flexibility index (Phi) is 42.0. The molecule has 0 N–H and O–H groups in total. The summed E-state index contributed by atoms with van der Waals surface area (Å²) in [7, 11) is 0. The predicted molar refractivity (Wildman–Crippen MR) is 258 cm³/mol. The molecule has 0 spiro atoms. The molecule has 2 nitrogen and oxygen atoms in total. The molecule has 2 heterocycles. The van der Waals surface area contributed by atoms with Crippen molar-refractivity contribution >= 4 is 25.3 Å². The minimum absolute atomic E-state index is 0. The van der Waals surface area contributed by atoms with Crippen LogP contribution in [0, 0.1) is 184 Å². The predicted octanol–water partition coefficient (Wildman–Crippen LogP) is 14.8. The van der Waals surface area contributed by atoms with Crippen LogP contribution in [0.5, 0.6) is 0 Å². The SMILES string of the molecule is C1CCOC1.C1CCOC1.CC(C)c1cc(C(C)C)c([S-])c(C(C)C)c1.CC(C)c1cc(C(C)C)c([S-])c(C(C)C)c1.[CH]1[CH][CH][CH][CH][CH][CH][CH]1.[CH]1[CH][CH][CH][CH][CH][CH][CH]1.[Sm].[Sm]. The monoisotopic (exact) mass is 1130 g/mol. The van der Waals surface area contributed by atoms with E-state index in [1.165, 1.54) is 59.1 Å². The average Bonchev–Trinajstić information content (AvgIpc) is 3.92. The van der Waals surface area contributed by atoms with E-state index < -0.39 is 0 Å². The summed E-state index contributed by atoms with van der Waals surface area (Å²) in [5, 5.41) is 0. The first-order chi connectivity index (χ1) is 27.7. The van der Waals surface area contributed by atoms with Crippen LogP contribution in [-0.4, -0.2) is 26.4 Å². The average molecular weight is 1120 g/mol. The second kappa shape index (κ2) is 39.6. The molecule has 332 valence electrons. The van der Waals surface area contributed by atoms with Crippen LogP contribution >= 0.6 is 0 Å². The molecule has 2 aromatic rings. The molecule has 2 aliphatic carbocycles. The van der Waals surface area contributed by atoms with Crippen molar-refractivity contribution in [1.82, 2.24) is 0 Å². The van der Waals surface area contributed by atoms with Crippen molar-refractivity contribution in [2.24, 2.45) is 0 Å². The van der Waals surface area contributed by atoms with Crippen LogP contribution in [0.1, 0.15) is 178 Å². The second-order valence-corrected chi connectivity index (χ2v) is 17.5. The summed E-state index contributed by atoms with van der Waals surface area (Å²) in [4.78, 5) is 2.16. The van der Waals surface area contributed by atoms with E-state index in [9.17, 15) is 0 Å². The van der Waals surface area contributed by atoms with Crippen molar-refractivity contribution in [3.05, 3.63) is 160 Å². The van der Waals surface area contributed by atoms with Gasteiger partial charge in [0.2, 0.25) is 0 Å². The fourth-order valence-electron chi connectivity index (χ4n) is 5.83. The van der Waals surface area contributed by atoms with Gasteiger partial charge in [0.15, 0.2) is 0 Å². The van der Waals surface area contributed by atoms with Crippen LogP contribution in [0.4, 0.5) is 0 Å². The van der Waals surface area contributed by atoms with Crippen LogP contribution < -0.4 is 0 Å². The van der Waals surface area contributed by atoms with E-state index in [2.05, 4.69) is 107 Å². The van der Waals surface area contributed by atoms with Crippen LogP contribution in [0.15, 0.2) is 34.1 Å². The van der Waals surface area contributed by atoms with Gasteiger partial charge in [-0.1, -0.05) is 130 Å². The smallest absolute Gasteiger partial charge is 0.0466 e. The molecule has 0 atom stereocenters. The number of ether oxygens (including phenoxy) is 2. The molecule has 2 saturated carbocycles. The van der Waals surface area contributed by atoms with E-state index in [-0.39, 0.29) is 80.8 Å². The molecule has 0 bridgehead atoms. The minimum atomic E-state index is 0. The zero-order valence-electron chi connectivity index (χ0n) is 39.1. The van der Waals surface area contributed by atoms with Crippen molar-refractivity contribution in [2.75, 3.05) is 26.4 Å². The number of rotatable bonds is 6. The topological polar surface area (TPSA) is 18.5 Å². The first kappa shape index (κ1) is 63.6. The molecule has 6 heteroatoms. The molecule has 0 amide bonds. The first-order valence-corrected chi connectivity index (χ1v) is 22.7. The summed E-state index contributed by atoms with van der Waals surface area (Å²) in [5.74, 6) is 3.22. The maximum atomic E-state index is 5.59. The van der Waals surface area contributed by atoms with E-state index in [1.54, 1.807) is 0 Å². The summed E-state index contributed by atoms with van der Waals surface area (Å²) in [6, 6.07) is 9.18. The Balaban J connectivity index is 0. The summed E-state index contributed by atoms with van der Waals surface area (Å²) < 4.78 is 9.89. The maximum absolute atomic E-state index is 5.59. The van der Waals surface area contributed by atoms with Crippen molar-refractivity contribution in [2.45, 2.75) is 154 Å². The second-order valence-electron chi connectivity index (χ2n) is 16.7. The molecule has 4 fully saturated rings. The molecule has 2 aromatic carbocycles. The Bertz CT molecular complexity index is 1080. The number of benzene rings is 2. The molecular weight excluding hydrogens is 1050 g/mol. The maximum Gasteiger partial charge on any atom is 0.0466 e. The molecule has 6 rings (SSSR count). The molecule has 2 saturated heterocycles. The Morgan fingerprint density at radius 1 is 0.317 bits per heavy atom. The van der Waals surface area contributed by atoms with E-state index >= 15 is 0 Å². The van der Waals surface area contributed by atoms with Gasteiger partial charge in [-0.25, -0.2) is 0 Å².